The average molecular weight is 233 g/mol. The molecule has 0 fully saturated rings. The van der Waals surface area contributed by atoms with Gasteiger partial charge in [-0.2, -0.15) is 0 Å². The first kappa shape index (κ1) is 11.6. The zero-order valence-electron chi connectivity index (χ0n) is 9.72. The summed E-state index contributed by atoms with van der Waals surface area (Å²) in [6.07, 6.45) is 0. The van der Waals surface area contributed by atoms with E-state index < -0.39 is 11.6 Å². The molecule has 3 heteroatoms. The second-order valence-corrected chi connectivity index (χ2v) is 4.08. The van der Waals surface area contributed by atoms with Crippen molar-refractivity contribution in [1.82, 2.24) is 0 Å². The molecule has 0 aromatic heterocycles. The van der Waals surface area contributed by atoms with Crippen LogP contribution in [0.2, 0.25) is 0 Å². The van der Waals surface area contributed by atoms with Crippen molar-refractivity contribution in [2.75, 3.05) is 5.73 Å². The zero-order valence-corrected chi connectivity index (χ0v) is 9.72. The van der Waals surface area contributed by atoms with Crippen molar-refractivity contribution in [2.45, 2.75) is 13.8 Å². The minimum atomic E-state index is -0.821. The van der Waals surface area contributed by atoms with Gasteiger partial charge in [-0.3, -0.25) is 0 Å². The van der Waals surface area contributed by atoms with Gasteiger partial charge in [-0.1, -0.05) is 24.3 Å². The molecule has 0 unspecified atom stereocenters. The van der Waals surface area contributed by atoms with Crippen LogP contribution in [0.1, 0.15) is 11.1 Å². The van der Waals surface area contributed by atoms with E-state index in [1.165, 1.54) is 6.92 Å². The van der Waals surface area contributed by atoms with Crippen LogP contribution in [-0.4, -0.2) is 0 Å². The highest BCUT2D eigenvalue weighted by Crippen LogP contribution is 2.30. The van der Waals surface area contributed by atoms with Crippen molar-refractivity contribution >= 4 is 5.69 Å². The molecule has 2 aromatic rings. The maximum atomic E-state index is 13.8. The number of anilines is 1. The highest BCUT2D eigenvalue weighted by atomic mass is 19.2. The summed E-state index contributed by atoms with van der Waals surface area (Å²) < 4.78 is 27.3. The molecule has 0 aliphatic rings. The number of nitrogen functional groups attached to an aromatic ring is 1. The molecule has 0 saturated carbocycles. The van der Waals surface area contributed by atoms with Crippen LogP contribution in [0.3, 0.4) is 0 Å². The molecule has 88 valence electrons. The van der Waals surface area contributed by atoms with E-state index in [4.69, 9.17) is 5.73 Å². The molecule has 0 aliphatic heterocycles. The quantitative estimate of drug-likeness (QED) is 0.744. The van der Waals surface area contributed by atoms with Crippen LogP contribution in [0.5, 0.6) is 0 Å². The smallest absolute Gasteiger partial charge is 0.166 e. The molecule has 0 aliphatic carbocycles. The molecule has 0 radical (unpaired) electrons. The first-order valence-corrected chi connectivity index (χ1v) is 5.32. The maximum absolute atomic E-state index is 13.8. The number of halogens is 2. The number of rotatable bonds is 1. The van der Waals surface area contributed by atoms with Crippen LogP contribution in [0, 0.1) is 25.5 Å². The van der Waals surface area contributed by atoms with E-state index in [1.54, 1.807) is 37.3 Å². The Hall–Kier alpha value is -1.90. The second kappa shape index (κ2) is 4.17. The number of hydrogen-bond donors (Lipinski definition) is 1. The van der Waals surface area contributed by atoms with Gasteiger partial charge in [-0.25, -0.2) is 8.78 Å². The van der Waals surface area contributed by atoms with Crippen molar-refractivity contribution in [1.29, 1.82) is 0 Å². The molecule has 2 rings (SSSR count). The summed E-state index contributed by atoms with van der Waals surface area (Å²) in [6.45, 7) is 3.33. The second-order valence-electron chi connectivity index (χ2n) is 4.08. The average Bonchev–Trinajstić information content (AvgIpc) is 2.31. The van der Waals surface area contributed by atoms with Gasteiger partial charge in [0.1, 0.15) is 0 Å². The Morgan fingerprint density at radius 3 is 2.29 bits per heavy atom. The van der Waals surface area contributed by atoms with Crippen LogP contribution in [0.25, 0.3) is 11.1 Å². The van der Waals surface area contributed by atoms with Crippen molar-refractivity contribution in [3.8, 4) is 11.1 Å². The fourth-order valence-electron chi connectivity index (χ4n) is 1.80. The SMILES string of the molecule is Cc1ccc(-c2cccc(N)c2C)c(F)c1F. The van der Waals surface area contributed by atoms with Gasteiger partial charge in [-0.05, 0) is 36.6 Å². The van der Waals surface area contributed by atoms with Crippen LogP contribution >= 0.6 is 0 Å². The summed E-state index contributed by atoms with van der Waals surface area (Å²) in [4.78, 5) is 0. The van der Waals surface area contributed by atoms with Gasteiger partial charge in [0.2, 0.25) is 0 Å². The van der Waals surface area contributed by atoms with Crippen molar-refractivity contribution in [3.05, 3.63) is 53.1 Å². The van der Waals surface area contributed by atoms with Crippen LogP contribution in [0.15, 0.2) is 30.3 Å². The lowest BCUT2D eigenvalue weighted by Crippen LogP contribution is -1.97. The normalized spacial score (nSPS) is 10.6. The summed E-state index contributed by atoms with van der Waals surface area (Å²) in [7, 11) is 0. The fourth-order valence-corrected chi connectivity index (χ4v) is 1.80. The van der Waals surface area contributed by atoms with Gasteiger partial charge in [0.05, 0.1) is 0 Å². The predicted molar refractivity (Wildman–Crippen MR) is 65.7 cm³/mol. The molecule has 2 N–H and O–H groups in total. The highest BCUT2D eigenvalue weighted by molar-refractivity contribution is 5.73. The van der Waals surface area contributed by atoms with E-state index in [2.05, 4.69) is 0 Å². The molecule has 0 amide bonds. The van der Waals surface area contributed by atoms with E-state index in [-0.39, 0.29) is 5.56 Å². The van der Waals surface area contributed by atoms with Crippen molar-refractivity contribution in [2.24, 2.45) is 0 Å². The summed E-state index contributed by atoms with van der Waals surface area (Å²) in [5, 5.41) is 0. The van der Waals surface area contributed by atoms with Gasteiger partial charge in [0.25, 0.3) is 0 Å². The number of aryl methyl sites for hydroxylation is 1. The zero-order chi connectivity index (χ0) is 12.6. The molecule has 0 saturated heterocycles. The first-order valence-electron chi connectivity index (χ1n) is 5.32. The summed E-state index contributed by atoms with van der Waals surface area (Å²) >= 11 is 0. The predicted octanol–water partition coefficient (Wildman–Crippen LogP) is 3.83. The van der Waals surface area contributed by atoms with E-state index in [0.29, 0.717) is 16.8 Å². The molecule has 0 heterocycles. The molecular weight excluding hydrogens is 220 g/mol. The lowest BCUT2D eigenvalue weighted by atomic mass is 9.97. The summed E-state index contributed by atoms with van der Waals surface area (Å²) in [6, 6.07) is 8.35. The Labute approximate surface area is 98.9 Å². The third kappa shape index (κ3) is 1.88. The van der Waals surface area contributed by atoms with Crippen LogP contribution in [-0.2, 0) is 0 Å². The molecule has 2 aromatic carbocycles. The minimum absolute atomic E-state index is 0.248. The molecule has 0 bridgehead atoms. The largest absolute Gasteiger partial charge is 0.398 e. The van der Waals surface area contributed by atoms with Gasteiger partial charge in [-0.15, -0.1) is 0 Å². The third-order valence-corrected chi connectivity index (χ3v) is 2.94. The van der Waals surface area contributed by atoms with E-state index >= 15 is 0 Å². The van der Waals surface area contributed by atoms with Gasteiger partial charge in [0.15, 0.2) is 11.6 Å². The lowest BCUT2D eigenvalue weighted by Gasteiger charge is -2.10. The standard InChI is InChI=1S/C14H13F2N/c1-8-6-7-11(14(16)13(8)15)10-4-3-5-12(17)9(10)2/h3-7H,17H2,1-2H3. The number of nitrogens with two attached hydrogens (primary N) is 1. The van der Waals surface area contributed by atoms with Crippen molar-refractivity contribution in [3.63, 3.8) is 0 Å². The van der Waals surface area contributed by atoms with Gasteiger partial charge >= 0.3 is 0 Å². The van der Waals surface area contributed by atoms with Gasteiger partial charge < -0.3 is 5.73 Å². The Morgan fingerprint density at radius 2 is 1.59 bits per heavy atom. The Kier molecular flexibility index (Phi) is 2.84. The molecule has 0 atom stereocenters. The molecule has 0 spiro atoms. The van der Waals surface area contributed by atoms with Crippen molar-refractivity contribution < 1.29 is 8.78 Å². The fraction of sp³-hybridized carbons (Fsp3) is 0.143. The Morgan fingerprint density at radius 1 is 0.882 bits per heavy atom. The monoisotopic (exact) mass is 233 g/mol. The summed E-state index contributed by atoms with van der Waals surface area (Å²) in [5.41, 5.74) is 8.26. The minimum Gasteiger partial charge on any atom is -0.398 e. The molecule has 1 nitrogen and oxygen atoms in total. The molecular formula is C14H13F2N. The Balaban J connectivity index is 2.69. The van der Waals surface area contributed by atoms with Crippen LogP contribution < -0.4 is 5.73 Å². The first-order chi connectivity index (χ1) is 8.02. The van der Waals surface area contributed by atoms with E-state index in [1.807, 2.05) is 0 Å². The third-order valence-electron chi connectivity index (χ3n) is 2.94. The van der Waals surface area contributed by atoms with E-state index in [9.17, 15) is 8.78 Å². The Bertz CT molecular complexity index is 577. The van der Waals surface area contributed by atoms with Gasteiger partial charge in [0, 0.05) is 11.3 Å². The molecule has 17 heavy (non-hydrogen) atoms. The highest BCUT2D eigenvalue weighted by Gasteiger charge is 2.14. The summed E-state index contributed by atoms with van der Waals surface area (Å²) in [5.74, 6) is -1.62. The maximum Gasteiger partial charge on any atom is 0.166 e. The number of hydrogen-bond acceptors (Lipinski definition) is 1. The van der Waals surface area contributed by atoms with Crippen LogP contribution in [0.4, 0.5) is 14.5 Å². The van der Waals surface area contributed by atoms with E-state index in [0.717, 1.165) is 5.56 Å². The number of benzene rings is 2. The lowest BCUT2D eigenvalue weighted by molar-refractivity contribution is 0.505. The topological polar surface area (TPSA) is 26.0 Å².